The predicted molar refractivity (Wildman–Crippen MR) is 217 cm³/mol. The van der Waals surface area contributed by atoms with Gasteiger partial charge in [-0.05, 0) is 132 Å². The van der Waals surface area contributed by atoms with Gasteiger partial charge in [0.1, 0.15) is 5.65 Å². The molecule has 2 aromatic heterocycles. The third-order valence-electron chi connectivity index (χ3n) is 10.7. The van der Waals surface area contributed by atoms with Crippen LogP contribution in [0.5, 0.6) is 0 Å². The lowest BCUT2D eigenvalue weighted by Gasteiger charge is -2.12. The number of hydrogen-bond acceptors (Lipinski definition) is 1. The first-order chi connectivity index (χ1) is 25.2. The molecule has 0 spiro atoms. The number of aromatic nitrogens is 2. The number of imidazole rings is 1. The molecule has 0 amide bonds. The monoisotopic (exact) mass is 646 g/mol. The van der Waals surface area contributed by atoms with Gasteiger partial charge in [-0.25, -0.2) is 4.98 Å². The molecule has 236 valence electrons. The predicted octanol–water partition coefficient (Wildman–Crippen LogP) is 13.3. The maximum absolute atomic E-state index is 5.08. The topological polar surface area (TPSA) is 17.3 Å². The standard InChI is InChI=1S/C49H30N2/c1-2-8-32-25-33(14-13-31(32)7-1)34-15-16-36-27-37(18-17-35(36)26-34)38-19-20-40-29-41(22-21-39(40)28-38)42-23-24-44-45(30-42)43-9-3-5-11-47(43)51-48-12-6-4-10-46(48)50-49(44)51/h1-30H. The SMILES string of the molecule is c1ccc2cc(-c3ccc4cc(-c5ccc6cc(-c7ccc8c(c7)c7ccccc7n7c9ccccc9nc87)ccc6c5)ccc4c3)ccc2c1. The summed E-state index contributed by atoms with van der Waals surface area (Å²) in [5.74, 6) is 0. The van der Waals surface area contributed by atoms with Gasteiger partial charge in [-0.15, -0.1) is 0 Å². The van der Waals surface area contributed by atoms with Gasteiger partial charge in [0.25, 0.3) is 0 Å². The molecule has 0 radical (unpaired) electrons. The van der Waals surface area contributed by atoms with E-state index in [9.17, 15) is 0 Å². The van der Waals surface area contributed by atoms with Gasteiger partial charge in [0.15, 0.2) is 0 Å². The number of para-hydroxylation sites is 3. The number of benzene rings is 9. The average Bonchev–Trinajstić information content (AvgIpc) is 3.60. The Kier molecular flexibility index (Phi) is 5.99. The maximum Gasteiger partial charge on any atom is 0.146 e. The summed E-state index contributed by atoms with van der Waals surface area (Å²) in [5, 5.41) is 11.1. The quantitative estimate of drug-likeness (QED) is 0.175. The van der Waals surface area contributed by atoms with Gasteiger partial charge in [0.2, 0.25) is 0 Å². The second-order valence-corrected chi connectivity index (χ2v) is 13.7. The zero-order valence-electron chi connectivity index (χ0n) is 27.7. The molecule has 0 atom stereocenters. The van der Waals surface area contributed by atoms with Crippen LogP contribution in [0.1, 0.15) is 0 Å². The third kappa shape index (κ3) is 4.47. The van der Waals surface area contributed by atoms with Crippen LogP contribution in [-0.2, 0) is 0 Å². The summed E-state index contributed by atoms with van der Waals surface area (Å²) in [4.78, 5) is 5.08. The highest BCUT2D eigenvalue weighted by molar-refractivity contribution is 6.15. The Morgan fingerprint density at radius 1 is 0.294 bits per heavy atom. The Labute approximate surface area is 294 Å². The summed E-state index contributed by atoms with van der Waals surface area (Å²) in [5.41, 5.74) is 11.7. The minimum absolute atomic E-state index is 1.00. The van der Waals surface area contributed by atoms with Gasteiger partial charge in [-0.1, -0.05) is 121 Å². The van der Waals surface area contributed by atoms with Crippen molar-refractivity contribution in [2.45, 2.75) is 0 Å². The van der Waals surface area contributed by atoms with Crippen molar-refractivity contribution in [3.05, 3.63) is 182 Å². The van der Waals surface area contributed by atoms with E-state index in [0.717, 1.165) is 16.7 Å². The molecule has 0 bridgehead atoms. The van der Waals surface area contributed by atoms with Crippen LogP contribution in [0.15, 0.2) is 182 Å². The van der Waals surface area contributed by atoms with Crippen molar-refractivity contribution in [2.24, 2.45) is 0 Å². The zero-order valence-corrected chi connectivity index (χ0v) is 27.7. The van der Waals surface area contributed by atoms with Crippen LogP contribution >= 0.6 is 0 Å². The van der Waals surface area contributed by atoms with Gasteiger partial charge in [-0.3, -0.25) is 4.40 Å². The van der Waals surface area contributed by atoms with Gasteiger partial charge < -0.3 is 0 Å². The Bertz CT molecular complexity index is 3200. The Hall–Kier alpha value is -6.77. The zero-order chi connectivity index (χ0) is 33.5. The summed E-state index contributed by atoms with van der Waals surface area (Å²) in [6.45, 7) is 0. The normalized spacial score (nSPS) is 11.9. The molecule has 51 heavy (non-hydrogen) atoms. The molecular formula is C49H30N2. The lowest BCUT2D eigenvalue weighted by atomic mass is 9.94. The largest absolute Gasteiger partial charge is 0.292 e. The lowest BCUT2D eigenvalue weighted by molar-refractivity contribution is 1.31. The van der Waals surface area contributed by atoms with E-state index in [4.69, 9.17) is 4.98 Å². The van der Waals surface area contributed by atoms with E-state index in [1.54, 1.807) is 0 Å². The van der Waals surface area contributed by atoms with Crippen LogP contribution in [-0.4, -0.2) is 9.38 Å². The second-order valence-electron chi connectivity index (χ2n) is 13.7. The molecule has 2 nitrogen and oxygen atoms in total. The second kappa shape index (κ2) is 10.9. The van der Waals surface area contributed by atoms with Crippen LogP contribution < -0.4 is 0 Å². The molecule has 9 aromatic carbocycles. The number of hydrogen-bond donors (Lipinski definition) is 0. The van der Waals surface area contributed by atoms with Crippen molar-refractivity contribution in [3.8, 4) is 33.4 Å². The van der Waals surface area contributed by atoms with E-state index in [1.807, 2.05) is 0 Å². The van der Waals surface area contributed by atoms with E-state index in [1.165, 1.54) is 87.4 Å². The summed E-state index contributed by atoms with van der Waals surface area (Å²) in [6.07, 6.45) is 0. The van der Waals surface area contributed by atoms with Crippen molar-refractivity contribution in [1.82, 2.24) is 9.38 Å². The molecule has 0 saturated carbocycles. The van der Waals surface area contributed by atoms with E-state index in [2.05, 4.69) is 186 Å². The fourth-order valence-corrected chi connectivity index (χ4v) is 8.07. The summed E-state index contributed by atoms with van der Waals surface area (Å²) < 4.78 is 2.30. The van der Waals surface area contributed by atoms with Gasteiger partial charge in [0, 0.05) is 10.8 Å². The molecule has 11 aromatic rings. The molecule has 0 saturated heterocycles. The molecule has 0 aliphatic rings. The van der Waals surface area contributed by atoms with Crippen LogP contribution in [0, 0.1) is 0 Å². The van der Waals surface area contributed by atoms with Crippen LogP contribution in [0.25, 0.3) is 104 Å². The first-order valence-corrected chi connectivity index (χ1v) is 17.5. The van der Waals surface area contributed by atoms with E-state index >= 15 is 0 Å². The number of nitrogens with zero attached hydrogens (tertiary/aromatic N) is 2. The Morgan fingerprint density at radius 3 is 1.33 bits per heavy atom. The third-order valence-corrected chi connectivity index (χ3v) is 10.7. The van der Waals surface area contributed by atoms with Gasteiger partial charge in [0.05, 0.1) is 16.6 Å². The van der Waals surface area contributed by atoms with Crippen molar-refractivity contribution in [1.29, 1.82) is 0 Å². The fraction of sp³-hybridized carbons (Fsp3) is 0. The molecule has 11 rings (SSSR count). The minimum atomic E-state index is 1.00. The first kappa shape index (κ1) is 28.1. The molecule has 0 aliphatic carbocycles. The molecule has 0 unspecified atom stereocenters. The summed E-state index contributed by atoms with van der Waals surface area (Å²) in [6, 6.07) is 66.5. The van der Waals surface area contributed by atoms with E-state index in [0.29, 0.717) is 0 Å². The van der Waals surface area contributed by atoms with Gasteiger partial charge in [-0.2, -0.15) is 0 Å². The first-order valence-electron chi connectivity index (χ1n) is 17.5. The molecule has 0 fully saturated rings. The maximum atomic E-state index is 5.08. The van der Waals surface area contributed by atoms with Crippen molar-refractivity contribution in [2.75, 3.05) is 0 Å². The van der Waals surface area contributed by atoms with Crippen LogP contribution in [0.2, 0.25) is 0 Å². The molecule has 2 heteroatoms. The average molecular weight is 647 g/mol. The molecule has 0 aliphatic heterocycles. The molecular weight excluding hydrogens is 617 g/mol. The molecule has 0 N–H and O–H groups in total. The summed E-state index contributed by atoms with van der Waals surface area (Å²) in [7, 11) is 0. The van der Waals surface area contributed by atoms with Crippen LogP contribution in [0.3, 0.4) is 0 Å². The smallest absolute Gasteiger partial charge is 0.146 e. The molecule has 2 heterocycles. The Morgan fingerprint density at radius 2 is 0.725 bits per heavy atom. The van der Waals surface area contributed by atoms with Crippen molar-refractivity contribution >= 4 is 70.7 Å². The van der Waals surface area contributed by atoms with Gasteiger partial charge >= 0.3 is 0 Å². The minimum Gasteiger partial charge on any atom is -0.292 e. The van der Waals surface area contributed by atoms with Crippen LogP contribution in [0.4, 0.5) is 0 Å². The Balaban J connectivity index is 0.949. The lowest BCUT2D eigenvalue weighted by Crippen LogP contribution is -1.92. The number of fused-ring (bicyclic) bond motifs is 11. The number of rotatable bonds is 3. The summed E-state index contributed by atoms with van der Waals surface area (Å²) >= 11 is 0. The van der Waals surface area contributed by atoms with E-state index < -0.39 is 0 Å². The number of pyridine rings is 1. The fourth-order valence-electron chi connectivity index (χ4n) is 8.07. The van der Waals surface area contributed by atoms with Crippen molar-refractivity contribution in [3.63, 3.8) is 0 Å². The highest BCUT2D eigenvalue weighted by Gasteiger charge is 2.14. The van der Waals surface area contributed by atoms with Crippen molar-refractivity contribution < 1.29 is 0 Å². The highest BCUT2D eigenvalue weighted by atomic mass is 15.0. The van der Waals surface area contributed by atoms with E-state index in [-0.39, 0.29) is 0 Å². The highest BCUT2D eigenvalue weighted by Crippen LogP contribution is 2.37.